The summed E-state index contributed by atoms with van der Waals surface area (Å²) < 4.78 is 2.13. The Labute approximate surface area is 142 Å². The van der Waals surface area contributed by atoms with Crippen LogP contribution in [0.1, 0.15) is 10.4 Å². The molecule has 0 aliphatic heterocycles. The predicted octanol–water partition coefficient (Wildman–Crippen LogP) is 5.52. The zero-order chi connectivity index (χ0) is 14.1. The first-order valence-corrected chi connectivity index (χ1v) is 8.63. The van der Waals surface area contributed by atoms with E-state index in [0.29, 0.717) is 5.56 Å². The Hall–Kier alpha value is -0.920. The number of rotatable bonds is 2. The summed E-state index contributed by atoms with van der Waals surface area (Å²) in [6.07, 6.45) is 0. The number of halogens is 2. The van der Waals surface area contributed by atoms with Gasteiger partial charge in [0.1, 0.15) is 0 Å². The number of anilines is 1. The van der Waals surface area contributed by atoms with Crippen molar-refractivity contribution in [3.05, 3.63) is 60.8 Å². The third-order valence-electron chi connectivity index (χ3n) is 2.95. The summed E-state index contributed by atoms with van der Waals surface area (Å²) in [4.78, 5) is 12.2. The third-order valence-corrected chi connectivity index (χ3v) is 5.43. The third kappa shape index (κ3) is 2.75. The van der Waals surface area contributed by atoms with E-state index in [1.807, 2.05) is 47.8 Å². The topological polar surface area (TPSA) is 29.1 Å². The zero-order valence-electron chi connectivity index (χ0n) is 10.2. The molecular formula is C15H9BrINOS. The average Bonchev–Trinajstić information content (AvgIpc) is 2.89. The summed E-state index contributed by atoms with van der Waals surface area (Å²) in [5, 5.41) is 6.97. The van der Waals surface area contributed by atoms with Gasteiger partial charge in [-0.2, -0.15) is 0 Å². The number of thiophene rings is 1. The summed E-state index contributed by atoms with van der Waals surface area (Å²) in [6.45, 7) is 0. The van der Waals surface area contributed by atoms with Crippen molar-refractivity contribution in [2.75, 3.05) is 5.32 Å². The van der Waals surface area contributed by atoms with E-state index in [1.165, 1.54) is 0 Å². The number of carbonyl (C=O) groups excluding carboxylic acids is 1. The molecule has 1 N–H and O–H groups in total. The first-order valence-electron chi connectivity index (χ1n) is 5.88. The first-order chi connectivity index (χ1) is 9.65. The van der Waals surface area contributed by atoms with Crippen LogP contribution in [0.3, 0.4) is 0 Å². The Balaban J connectivity index is 1.99. The molecule has 3 rings (SSSR count). The molecule has 20 heavy (non-hydrogen) atoms. The van der Waals surface area contributed by atoms with Crippen LogP contribution in [-0.2, 0) is 0 Å². The van der Waals surface area contributed by atoms with E-state index in [0.717, 1.165) is 23.8 Å². The van der Waals surface area contributed by atoms with Gasteiger partial charge in [-0.15, -0.1) is 11.3 Å². The quantitative estimate of drug-likeness (QED) is 0.504. The van der Waals surface area contributed by atoms with Crippen molar-refractivity contribution in [1.29, 1.82) is 0 Å². The van der Waals surface area contributed by atoms with Gasteiger partial charge in [-0.05, 0) is 46.2 Å². The summed E-state index contributed by atoms with van der Waals surface area (Å²) in [6, 6.07) is 13.8. The van der Waals surface area contributed by atoms with Crippen LogP contribution in [0.2, 0.25) is 0 Å². The second kappa shape index (κ2) is 5.83. The lowest BCUT2D eigenvalue weighted by Crippen LogP contribution is -2.11. The van der Waals surface area contributed by atoms with E-state index in [2.05, 4.69) is 43.8 Å². The number of hydrogen-bond donors (Lipinski definition) is 1. The fourth-order valence-electron chi connectivity index (χ4n) is 1.99. The Morgan fingerprint density at radius 1 is 1.15 bits per heavy atom. The fraction of sp³-hybridized carbons (Fsp3) is 0. The fourth-order valence-corrected chi connectivity index (χ4v) is 3.80. The maximum Gasteiger partial charge on any atom is 0.256 e. The molecule has 0 fully saturated rings. The molecule has 0 saturated carbocycles. The Morgan fingerprint density at radius 2 is 1.90 bits per heavy atom. The molecule has 0 saturated heterocycles. The molecule has 0 atom stereocenters. The Morgan fingerprint density at radius 3 is 2.60 bits per heavy atom. The van der Waals surface area contributed by atoms with Gasteiger partial charge in [0.05, 0.1) is 8.45 Å². The van der Waals surface area contributed by atoms with Crippen LogP contribution in [0.25, 0.3) is 10.8 Å². The highest BCUT2D eigenvalue weighted by Gasteiger charge is 2.11. The minimum atomic E-state index is -0.0726. The molecule has 2 aromatic carbocycles. The van der Waals surface area contributed by atoms with E-state index >= 15 is 0 Å². The number of amides is 1. The predicted molar refractivity (Wildman–Crippen MR) is 96.6 cm³/mol. The number of carbonyl (C=O) groups is 1. The van der Waals surface area contributed by atoms with Crippen molar-refractivity contribution in [2.45, 2.75) is 0 Å². The molecule has 1 aromatic heterocycles. The van der Waals surface area contributed by atoms with Crippen LogP contribution in [0.4, 0.5) is 5.69 Å². The molecular weight excluding hydrogens is 449 g/mol. The number of benzene rings is 2. The summed E-state index contributed by atoms with van der Waals surface area (Å²) in [5.74, 6) is -0.0726. The maximum atomic E-state index is 12.2. The van der Waals surface area contributed by atoms with Crippen LogP contribution < -0.4 is 5.32 Å². The van der Waals surface area contributed by atoms with E-state index < -0.39 is 0 Å². The normalized spacial score (nSPS) is 10.7. The summed E-state index contributed by atoms with van der Waals surface area (Å²) in [7, 11) is 0. The largest absolute Gasteiger partial charge is 0.321 e. The Kier molecular flexibility index (Phi) is 4.09. The van der Waals surface area contributed by atoms with E-state index in [-0.39, 0.29) is 5.91 Å². The highest BCUT2D eigenvalue weighted by atomic mass is 127. The maximum absolute atomic E-state index is 12.2. The van der Waals surface area contributed by atoms with Crippen LogP contribution in [0.15, 0.2) is 52.3 Å². The molecule has 1 amide bonds. The van der Waals surface area contributed by atoms with Gasteiger partial charge in [-0.25, -0.2) is 0 Å². The van der Waals surface area contributed by atoms with Gasteiger partial charge in [0.25, 0.3) is 5.91 Å². The van der Waals surface area contributed by atoms with Crippen molar-refractivity contribution in [2.24, 2.45) is 0 Å². The van der Waals surface area contributed by atoms with Crippen LogP contribution >= 0.6 is 49.9 Å². The first kappa shape index (κ1) is 14.0. The minimum Gasteiger partial charge on any atom is -0.321 e. The van der Waals surface area contributed by atoms with Crippen LogP contribution in [0.5, 0.6) is 0 Å². The van der Waals surface area contributed by atoms with Crippen molar-refractivity contribution in [3.8, 4) is 0 Å². The van der Waals surface area contributed by atoms with Crippen molar-refractivity contribution in [3.63, 3.8) is 0 Å². The lowest BCUT2D eigenvalue weighted by atomic mass is 10.1. The van der Waals surface area contributed by atoms with Crippen molar-refractivity contribution < 1.29 is 4.79 Å². The molecule has 0 radical (unpaired) electrons. The Bertz CT molecular complexity index is 799. The van der Waals surface area contributed by atoms with Gasteiger partial charge < -0.3 is 5.32 Å². The SMILES string of the molecule is O=C(Nc1ccc(Br)c2ccccc12)c1csc(I)c1. The molecule has 0 aliphatic rings. The van der Waals surface area contributed by atoms with Gasteiger partial charge in [0, 0.05) is 20.9 Å². The minimum absolute atomic E-state index is 0.0726. The highest BCUT2D eigenvalue weighted by molar-refractivity contribution is 14.1. The smallest absolute Gasteiger partial charge is 0.256 e. The average molecular weight is 458 g/mol. The van der Waals surface area contributed by atoms with Gasteiger partial charge in [-0.1, -0.05) is 40.2 Å². The highest BCUT2D eigenvalue weighted by Crippen LogP contribution is 2.30. The van der Waals surface area contributed by atoms with Crippen molar-refractivity contribution in [1.82, 2.24) is 0 Å². The molecule has 2 nitrogen and oxygen atoms in total. The van der Waals surface area contributed by atoms with Crippen LogP contribution in [0, 0.1) is 2.88 Å². The second-order valence-electron chi connectivity index (χ2n) is 4.23. The molecule has 3 aromatic rings. The van der Waals surface area contributed by atoms with Gasteiger partial charge in [-0.3, -0.25) is 4.79 Å². The van der Waals surface area contributed by atoms with Gasteiger partial charge in [0.2, 0.25) is 0 Å². The van der Waals surface area contributed by atoms with E-state index in [1.54, 1.807) is 11.3 Å². The molecule has 1 heterocycles. The molecule has 100 valence electrons. The summed E-state index contributed by atoms with van der Waals surface area (Å²) in [5.41, 5.74) is 1.53. The van der Waals surface area contributed by atoms with Crippen LogP contribution in [-0.4, -0.2) is 5.91 Å². The molecule has 0 unspecified atom stereocenters. The molecule has 0 bridgehead atoms. The zero-order valence-corrected chi connectivity index (χ0v) is 14.8. The number of hydrogen-bond acceptors (Lipinski definition) is 2. The van der Waals surface area contributed by atoms with Crippen molar-refractivity contribution >= 4 is 72.2 Å². The molecule has 0 spiro atoms. The second-order valence-corrected chi connectivity index (χ2v) is 7.89. The van der Waals surface area contributed by atoms with E-state index in [4.69, 9.17) is 0 Å². The monoisotopic (exact) mass is 457 g/mol. The summed E-state index contributed by atoms with van der Waals surface area (Å²) >= 11 is 7.32. The number of nitrogens with one attached hydrogen (secondary N) is 1. The lowest BCUT2D eigenvalue weighted by Gasteiger charge is -2.09. The molecule has 5 heteroatoms. The number of fused-ring (bicyclic) bond motifs is 1. The molecule has 0 aliphatic carbocycles. The standard InChI is InChI=1S/C15H9BrINOS/c16-12-5-6-13(11-4-2-1-3-10(11)12)18-15(19)9-7-14(17)20-8-9/h1-8H,(H,18,19). The lowest BCUT2D eigenvalue weighted by molar-refractivity contribution is 0.102. The van der Waals surface area contributed by atoms with E-state index in [9.17, 15) is 4.79 Å². The van der Waals surface area contributed by atoms with Gasteiger partial charge in [0.15, 0.2) is 0 Å². The van der Waals surface area contributed by atoms with Gasteiger partial charge >= 0.3 is 0 Å².